The Morgan fingerprint density at radius 1 is 1.33 bits per heavy atom. The van der Waals surface area contributed by atoms with Gasteiger partial charge < -0.3 is 0 Å². The van der Waals surface area contributed by atoms with Crippen molar-refractivity contribution in [3.05, 3.63) is 34.1 Å². The number of halogens is 3. The Bertz CT molecular complexity index is 292. The first-order valence-corrected chi connectivity index (χ1v) is 6.91. The number of hydrogen-bond donors (Lipinski definition) is 0. The third-order valence-corrected chi connectivity index (χ3v) is 3.91. The highest BCUT2D eigenvalue weighted by atomic mass is 79.9. The number of alkyl halides is 1. The Kier molecular flexibility index (Phi) is 5.83. The summed E-state index contributed by atoms with van der Waals surface area (Å²) in [6.07, 6.45) is 4.33. The Morgan fingerprint density at radius 3 is 2.67 bits per heavy atom. The van der Waals surface area contributed by atoms with Crippen LogP contribution in [0.25, 0.3) is 0 Å². The lowest BCUT2D eigenvalue weighted by atomic mass is 10.1. The largest absolute Gasteiger partial charge is 0.207 e. The van der Waals surface area contributed by atoms with Crippen molar-refractivity contribution in [1.29, 1.82) is 0 Å². The molecule has 3 heteroatoms. The maximum absolute atomic E-state index is 13.0. The SMILES string of the molecule is CCC(Br)CCCc1cc(F)cc(Br)c1. The molecule has 0 saturated carbocycles. The first kappa shape index (κ1) is 13.2. The number of benzene rings is 1. The molecule has 0 fully saturated rings. The lowest BCUT2D eigenvalue weighted by Gasteiger charge is -2.06. The van der Waals surface area contributed by atoms with E-state index in [4.69, 9.17) is 0 Å². The van der Waals surface area contributed by atoms with Gasteiger partial charge in [-0.25, -0.2) is 4.39 Å². The molecule has 0 amide bonds. The van der Waals surface area contributed by atoms with Gasteiger partial charge in [0.25, 0.3) is 0 Å². The Balaban J connectivity index is 2.43. The van der Waals surface area contributed by atoms with E-state index in [1.165, 1.54) is 6.07 Å². The molecule has 0 bridgehead atoms. The number of hydrogen-bond acceptors (Lipinski definition) is 0. The molecule has 0 radical (unpaired) electrons. The van der Waals surface area contributed by atoms with E-state index in [0.717, 1.165) is 35.7 Å². The van der Waals surface area contributed by atoms with Crippen molar-refractivity contribution < 1.29 is 4.39 Å². The quantitative estimate of drug-likeness (QED) is 0.657. The second-order valence-corrected chi connectivity index (χ2v) is 5.89. The summed E-state index contributed by atoms with van der Waals surface area (Å²) in [4.78, 5) is 0.592. The van der Waals surface area contributed by atoms with Gasteiger partial charge in [0, 0.05) is 9.30 Å². The Labute approximate surface area is 108 Å². The smallest absolute Gasteiger partial charge is 0.124 e. The fourth-order valence-electron chi connectivity index (χ4n) is 1.49. The second kappa shape index (κ2) is 6.64. The molecule has 1 aromatic rings. The van der Waals surface area contributed by atoms with Crippen molar-refractivity contribution in [3.63, 3.8) is 0 Å². The minimum Gasteiger partial charge on any atom is -0.207 e. The van der Waals surface area contributed by atoms with Crippen LogP contribution in [-0.4, -0.2) is 4.83 Å². The van der Waals surface area contributed by atoms with E-state index in [0.29, 0.717) is 4.83 Å². The lowest BCUT2D eigenvalue weighted by Crippen LogP contribution is -1.96. The van der Waals surface area contributed by atoms with Gasteiger partial charge in [-0.3, -0.25) is 0 Å². The van der Waals surface area contributed by atoms with E-state index >= 15 is 0 Å². The molecule has 1 unspecified atom stereocenters. The first-order valence-electron chi connectivity index (χ1n) is 5.21. The monoisotopic (exact) mass is 336 g/mol. The molecule has 0 spiro atoms. The maximum atomic E-state index is 13.0. The molecule has 0 nitrogen and oxygen atoms in total. The van der Waals surface area contributed by atoms with Crippen LogP contribution in [0.1, 0.15) is 31.7 Å². The topological polar surface area (TPSA) is 0 Å². The van der Waals surface area contributed by atoms with Crippen molar-refractivity contribution in [2.75, 3.05) is 0 Å². The zero-order valence-electron chi connectivity index (χ0n) is 8.77. The van der Waals surface area contributed by atoms with Crippen LogP contribution in [0.4, 0.5) is 4.39 Å². The van der Waals surface area contributed by atoms with Gasteiger partial charge in [-0.15, -0.1) is 0 Å². The van der Waals surface area contributed by atoms with Crippen molar-refractivity contribution in [1.82, 2.24) is 0 Å². The van der Waals surface area contributed by atoms with Crippen molar-refractivity contribution in [2.24, 2.45) is 0 Å². The minimum absolute atomic E-state index is 0.162. The summed E-state index contributed by atoms with van der Waals surface area (Å²) in [6.45, 7) is 2.16. The van der Waals surface area contributed by atoms with Gasteiger partial charge >= 0.3 is 0 Å². The van der Waals surface area contributed by atoms with Crippen LogP contribution in [0, 0.1) is 5.82 Å². The molecule has 0 aromatic heterocycles. The van der Waals surface area contributed by atoms with E-state index in [9.17, 15) is 4.39 Å². The highest BCUT2D eigenvalue weighted by Crippen LogP contribution is 2.18. The molecular formula is C12H15Br2F. The molecule has 0 aliphatic heterocycles. The Morgan fingerprint density at radius 2 is 2.07 bits per heavy atom. The molecule has 15 heavy (non-hydrogen) atoms. The number of aryl methyl sites for hydroxylation is 1. The van der Waals surface area contributed by atoms with Gasteiger partial charge in [0.2, 0.25) is 0 Å². The van der Waals surface area contributed by atoms with Crippen molar-refractivity contribution in [2.45, 2.75) is 37.4 Å². The first-order chi connectivity index (χ1) is 7.11. The average Bonchev–Trinajstić information content (AvgIpc) is 2.16. The fraction of sp³-hybridized carbons (Fsp3) is 0.500. The highest BCUT2D eigenvalue weighted by Gasteiger charge is 2.02. The summed E-state index contributed by atoms with van der Waals surface area (Å²) in [7, 11) is 0. The van der Waals surface area contributed by atoms with Crippen LogP contribution >= 0.6 is 31.9 Å². The summed E-state index contributed by atoms with van der Waals surface area (Å²) < 4.78 is 13.9. The van der Waals surface area contributed by atoms with Crippen LogP contribution in [0.2, 0.25) is 0 Å². The maximum Gasteiger partial charge on any atom is 0.124 e. The third kappa shape index (κ3) is 5.12. The molecule has 1 rings (SSSR count). The second-order valence-electron chi connectivity index (χ2n) is 3.68. The zero-order chi connectivity index (χ0) is 11.3. The highest BCUT2D eigenvalue weighted by molar-refractivity contribution is 9.10. The average molecular weight is 338 g/mol. The lowest BCUT2D eigenvalue weighted by molar-refractivity contribution is 0.621. The van der Waals surface area contributed by atoms with E-state index < -0.39 is 0 Å². The van der Waals surface area contributed by atoms with Crippen LogP contribution in [0.15, 0.2) is 22.7 Å². The predicted molar refractivity (Wildman–Crippen MR) is 70.0 cm³/mol. The van der Waals surface area contributed by atoms with Crippen LogP contribution in [-0.2, 0) is 6.42 Å². The van der Waals surface area contributed by atoms with Gasteiger partial charge in [-0.1, -0.05) is 38.8 Å². The molecular weight excluding hydrogens is 323 g/mol. The van der Waals surface area contributed by atoms with Gasteiger partial charge in [0.05, 0.1) is 0 Å². The molecule has 1 aromatic carbocycles. The summed E-state index contributed by atoms with van der Waals surface area (Å²) >= 11 is 6.89. The summed E-state index contributed by atoms with van der Waals surface area (Å²) in [5, 5.41) is 0. The van der Waals surface area contributed by atoms with E-state index in [1.54, 1.807) is 6.07 Å². The predicted octanol–water partition coefficient (Wildman–Crippen LogP) is 5.08. The van der Waals surface area contributed by atoms with Crippen LogP contribution < -0.4 is 0 Å². The molecule has 84 valence electrons. The van der Waals surface area contributed by atoms with E-state index in [1.807, 2.05) is 6.07 Å². The standard InChI is InChI=1S/C12H15Br2F/c1-2-10(13)5-3-4-9-6-11(14)8-12(15)7-9/h6-8,10H,2-5H2,1H3. The summed E-state index contributed by atoms with van der Waals surface area (Å²) in [6, 6.07) is 5.08. The van der Waals surface area contributed by atoms with Crippen molar-refractivity contribution in [3.8, 4) is 0 Å². The number of rotatable bonds is 5. The van der Waals surface area contributed by atoms with Gasteiger partial charge in [0.15, 0.2) is 0 Å². The normalized spacial score (nSPS) is 12.8. The molecule has 0 heterocycles. The van der Waals surface area contributed by atoms with Gasteiger partial charge in [-0.05, 0) is 49.4 Å². The molecule has 0 aliphatic rings. The zero-order valence-corrected chi connectivity index (χ0v) is 11.9. The summed E-state index contributed by atoms with van der Waals surface area (Å²) in [5.41, 5.74) is 1.07. The third-order valence-electron chi connectivity index (χ3n) is 2.35. The summed E-state index contributed by atoms with van der Waals surface area (Å²) in [5.74, 6) is -0.162. The molecule has 0 aliphatic carbocycles. The minimum atomic E-state index is -0.162. The van der Waals surface area contributed by atoms with Gasteiger partial charge in [0.1, 0.15) is 5.82 Å². The Hall–Kier alpha value is 0.110. The van der Waals surface area contributed by atoms with Crippen molar-refractivity contribution >= 4 is 31.9 Å². The van der Waals surface area contributed by atoms with Gasteiger partial charge in [-0.2, -0.15) is 0 Å². The van der Waals surface area contributed by atoms with Crippen LogP contribution in [0.5, 0.6) is 0 Å². The molecule has 0 saturated heterocycles. The van der Waals surface area contributed by atoms with Crippen LogP contribution in [0.3, 0.4) is 0 Å². The van der Waals surface area contributed by atoms with E-state index in [2.05, 4.69) is 38.8 Å². The van der Waals surface area contributed by atoms with E-state index in [-0.39, 0.29) is 5.82 Å². The fourth-order valence-corrected chi connectivity index (χ4v) is 2.32. The molecule has 1 atom stereocenters. The molecule has 0 N–H and O–H groups in total.